The van der Waals surface area contributed by atoms with Gasteiger partial charge < -0.3 is 15.5 Å². The summed E-state index contributed by atoms with van der Waals surface area (Å²) in [6, 6.07) is 13.6. The van der Waals surface area contributed by atoms with Crippen molar-refractivity contribution >= 4 is 22.9 Å². The molecule has 2 aromatic rings. The highest BCUT2D eigenvalue weighted by molar-refractivity contribution is 7.10. The topological polar surface area (TPSA) is 49.6 Å². The Morgan fingerprint density at radius 3 is 2.38 bits per heavy atom. The number of benzene rings is 1. The van der Waals surface area contributed by atoms with Gasteiger partial charge in [-0.15, -0.1) is 11.3 Å². The van der Waals surface area contributed by atoms with Gasteiger partial charge >= 0.3 is 0 Å². The molecule has 3 rings (SSSR count). The van der Waals surface area contributed by atoms with Gasteiger partial charge in [0.15, 0.2) is 0 Å². The second kappa shape index (κ2) is 6.28. The standard InChI is InChI=1S/C16H19N3OS/c17-15(14-7-4-12-21-14)16(20)19-10-8-18(9-11-19)13-5-2-1-3-6-13/h1-7,12,15H,8-11,17H2. The highest BCUT2D eigenvalue weighted by Gasteiger charge is 2.26. The number of hydrogen-bond donors (Lipinski definition) is 1. The lowest BCUT2D eigenvalue weighted by Gasteiger charge is -2.37. The molecule has 1 aliphatic rings. The number of piperazine rings is 1. The van der Waals surface area contributed by atoms with Crippen LogP contribution in [0.25, 0.3) is 0 Å². The van der Waals surface area contributed by atoms with Gasteiger partial charge in [-0.05, 0) is 23.6 Å². The van der Waals surface area contributed by atoms with Gasteiger partial charge in [0.1, 0.15) is 6.04 Å². The van der Waals surface area contributed by atoms with Crippen LogP contribution in [0.2, 0.25) is 0 Å². The Balaban J connectivity index is 1.59. The maximum atomic E-state index is 12.4. The molecule has 0 spiro atoms. The van der Waals surface area contributed by atoms with Gasteiger partial charge in [0, 0.05) is 36.7 Å². The zero-order valence-electron chi connectivity index (χ0n) is 11.8. The van der Waals surface area contributed by atoms with E-state index in [2.05, 4.69) is 17.0 Å². The first-order valence-electron chi connectivity index (χ1n) is 7.13. The van der Waals surface area contributed by atoms with Crippen LogP contribution < -0.4 is 10.6 Å². The van der Waals surface area contributed by atoms with Crippen molar-refractivity contribution in [2.75, 3.05) is 31.1 Å². The van der Waals surface area contributed by atoms with Crippen molar-refractivity contribution < 1.29 is 4.79 Å². The molecule has 1 amide bonds. The maximum Gasteiger partial charge on any atom is 0.245 e. The monoisotopic (exact) mass is 301 g/mol. The van der Waals surface area contributed by atoms with E-state index in [0.29, 0.717) is 0 Å². The van der Waals surface area contributed by atoms with E-state index in [-0.39, 0.29) is 5.91 Å². The molecule has 4 nitrogen and oxygen atoms in total. The van der Waals surface area contributed by atoms with Crippen molar-refractivity contribution in [1.82, 2.24) is 4.90 Å². The summed E-state index contributed by atoms with van der Waals surface area (Å²) >= 11 is 1.54. The Morgan fingerprint density at radius 1 is 1.05 bits per heavy atom. The van der Waals surface area contributed by atoms with E-state index in [1.54, 1.807) is 0 Å². The summed E-state index contributed by atoms with van der Waals surface area (Å²) in [7, 11) is 0. The summed E-state index contributed by atoms with van der Waals surface area (Å²) in [6.45, 7) is 3.17. The lowest BCUT2D eigenvalue weighted by molar-refractivity contribution is -0.132. The summed E-state index contributed by atoms with van der Waals surface area (Å²) < 4.78 is 0. The van der Waals surface area contributed by atoms with Crippen LogP contribution in [-0.2, 0) is 4.79 Å². The summed E-state index contributed by atoms with van der Waals surface area (Å²) in [4.78, 5) is 17.5. The van der Waals surface area contributed by atoms with Crippen LogP contribution in [-0.4, -0.2) is 37.0 Å². The number of anilines is 1. The molecular formula is C16H19N3OS. The summed E-state index contributed by atoms with van der Waals surface area (Å²) in [6.07, 6.45) is 0. The van der Waals surface area contributed by atoms with Crippen molar-refractivity contribution in [3.8, 4) is 0 Å². The number of carbonyl (C=O) groups excluding carboxylic acids is 1. The van der Waals surface area contributed by atoms with Gasteiger partial charge in [-0.3, -0.25) is 4.79 Å². The Hall–Kier alpha value is -1.85. The van der Waals surface area contributed by atoms with E-state index < -0.39 is 6.04 Å². The first-order valence-corrected chi connectivity index (χ1v) is 8.01. The molecule has 1 saturated heterocycles. The molecule has 0 bridgehead atoms. The molecule has 1 aromatic carbocycles. The van der Waals surface area contributed by atoms with Gasteiger partial charge in [0.25, 0.3) is 0 Å². The average molecular weight is 301 g/mol. The van der Waals surface area contributed by atoms with Gasteiger partial charge in [-0.25, -0.2) is 0 Å². The SMILES string of the molecule is NC(C(=O)N1CCN(c2ccccc2)CC1)c1cccs1. The molecule has 110 valence electrons. The van der Waals surface area contributed by atoms with Gasteiger partial charge in [-0.1, -0.05) is 24.3 Å². The van der Waals surface area contributed by atoms with E-state index >= 15 is 0 Å². The second-order valence-corrected chi connectivity index (χ2v) is 6.12. The maximum absolute atomic E-state index is 12.4. The first kappa shape index (κ1) is 14.1. The third-order valence-electron chi connectivity index (χ3n) is 3.83. The molecule has 5 heteroatoms. The Kier molecular flexibility index (Phi) is 4.22. The Bertz CT molecular complexity index is 577. The molecule has 0 radical (unpaired) electrons. The van der Waals surface area contributed by atoms with Gasteiger partial charge in [0.2, 0.25) is 5.91 Å². The Morgan fingerprint density at radius 2 is 1.76 bits per heavy atom. The molecule has 1 fully saturated rings. The molecule has 0 saturated carbocycles. The summed E-state index contributed by atoms with van der Waals surface area (Å²) in [5, 5.41) is 1.95. The van der Waals surface area contributed by atoms with Crippen molar-refractivity contribution in [3.63, 3.8) is 0 Å². The first-order chi connectivity index (χ1) is 10.3. The van der Waals surface area contributed by atoms with Crippen LogP contribution in [0.4, 0.5) is 5.69 Å². The highest BCUT2D eigenvalue weighted by atomic mass is 32.1. The molecule has 21 heavy (non-hydrogen) atoms. The molecule has 1 aliphatic heterocycles. The summed E-state index contributed by atoms with van der Waals surface area (Å²) in [5.74, 6) is 0.0326. The number of rotatable bonds is 3. The minimum Gasteiger partial charge on any atom is -0.368 e. The fraction of sp³-hybridized carbons (Fsp3) is 0.312. The van der Waals surface area contributed by atoms with Crippen LogP contribution in [0.15, 0.2) is 47.8 Å². The minimum absolute atomic E-state index is 0.0326. The quantitative estimate of drug-likeness (QED) is 0.944. The molecule has 2 heterocycles. The summed E-state index contributed by atoms with van der Waals surface area (Å²) in [5.41, 5.74) is 7.28. The fourth-order valence-electron chi connectivity index (χ4n) is 2.61. The second-order valence-electron chi connectivity index (χ2n) is 5.14. The Labute approximate surface area is 128 Å². The highest BCUT2D eigenvalue weighted by Crippen LogP contribution is 2.21. The third kappa shape index (κ3) is 3.09. The van der Waals surface area contributed by atoms with E-state index in [1.807, 2.05) is 40.6 Å². The van der Waals surface area contributed by atoms with Crippen LogP contribution in [0.1, 0.15) is 10.9 Å². The van der Waals surface area contributed by atoms with Crippen molar-refractivity contribution in [3.05, 3.63) is 52.7 Å². The fourth-order valence-corrected chi connectivity index (χ4v) is 3.33. The lowest BCUT2D eigenvalue weighted by atomic mass is 10.2. The normalized spacial score (nSPS) is 16.8. The lowest BCUT2D eigenvalue weighted by Crippen LogP contribution is -2.51. The predicted molar refractivity (Wildman–Crippen MR) is 86.5 cm³/mol. The average Bonchev–Trinajstić information content (AvgIpc) is 3.09. The van der Waals surface area contributed by atoms with Crippen molar-refractivity contribution in [2.24, 2.45) is 5.73 Å². The number of amides is 1. The molecule has 2 N–H and O–H groups in total. The molecule has 0 aliphatic carbocycles. The van der Waals surface area contributed by atoms with Crippen molar-refractivity contribution in [2.45, 2.75) is 6.04 Å². The van der Waals surface area contributed by atoms with Crippen LogP contribution >= 0.6 is 11.3 Å². The van der Waals surface area contributed by atoms with Crippen LogP contribution in [0.3, 0.4) is 0 Å². The predicted octanol–water partition coefficient (Wildman–Crippen LogP) is 2.10. The van der Waals surface area contributed by atoms with Crippen LogP contribution in [0, 0.1) is 0 Å². The molecule has 1 aromatic heterocycles. The zero-order chi connectivity index (χ0) is 14.7. The third-order valence-corrected chi connectivity index (χ3v) is 4.78. The minimum atomic E-state index is -0.520. The number of para-hydroxylation sites is 1. The number of thiophene rings is 1. The smallest absolute Gasteiger partial charge is 0.245 e. The van der Waals surface area contributed by atoms with Crippen LogP contribution in [0.5, 0.6) is 0 Å². The van der Waals surface area contributed by atoms with E-state index in [1.165, 1.54) is 17.0 Å². The number of nitrogens with two attached hydrogens (primary N) is 1. The van der Waals surface area contributed by atoms with Crippen molar-refractivity contribution in [1.29, 1.82) is 0 Å². The number of nitrogens with zero attached hydrogens (tertiary/aromatic N) is 2. The number of carbonyl (C=O) groups is 1. The van der Waals surface area contributed by atoms with E-state index in [0.717, 1.165) is 31.1 Å². The molecule has 1 atom stereocenters. The van der Waals surface area contributed by atoms with E-state index in [9.17, 15) is 4.79 Å². The largest absolute Gasteiger partial charge is 0.368 e. The molecule has 1 unspecified atom stereocenters. The van der Waals surface area contributed by atoms with Gasteiger partial charge in [0.05, 0.1) is 0 Å². The molecular weight excluding hydrogens is 282 g/mol. The zero-order valence-corrected chi connectivity index (χ0v) is 12.6. The number of hydrogen-bond acceptors (Lipinski definition) is 4. The van der Waals surface area contributed by atoms with E-state index in [4.69, 9.17) is 5.73 Å². The van der Waals surface area contributed by atoms with Gasteiger partial charge in [-0.2, -0.15) is 0 Å².